The van der Waals surface area contributed by atoms with E-state index in [1.54, 1.807) is 18.3 Å². The van der Waals surface area contributed by atoms with Crippen LogP contribution in [-0.2, 0) is 0 Å². The summed E-state index contributed by atoms with van der Waals surface area (Å²) in [6, 6.07) is 6.67. The molecule has 1 fully saturated rings. The molecule has 1 aliphatic carbocycles. The number of nitrogens with zero attached hydrogens (tertiary/aromatic N) is 3. The van der Waals surface area contributed by atoms with Crippen LogP contribution in [0.5, 0.6) is 0 Å². The summed E-state index contributed by atoms with van der Waals surface area (Å²) in [5.41, 5.74) is 1.17. The van der Waals surface area contributed by atoms with Crippen molar-refractivity contribution in [2.24, 2.45) is 5.92 Å². The third-order valence-electron chi connectivity index (χ3n) is 3.45. The van der Waals surface area contributed by atoms with Crippen molar-refractivity contribution < 1.29 is 4.39 Å². The van der Waals surface area contributed by atoms with Gasteiger partial charge in [0, 0.05) is 0 Å². The van der Waals surface area contributed by atoms with Gasteiger partial charge in [0.15, 0.2) is 5.69 Å². The highest BCUT2D eigenvalue weighted by molar-refractivity contribution is 6.30. The molecule has 1 unspecified atom stereocenters. The molecule has 21 heavy (non-hydrogen) atoms. The van der Waals surface area contributed by atoms with E-state index in [4.69, 9.17) is 16.9 Å². The van der Waals surface area contributed by atoms with Crippen LogP contribution in [0.2, 0.25) is 5.02 Å². The Labute approximate surface area is 126 Å². The second kappa shape index (κ2) is 5.66. The van der Waals surface area contributed by atoms with Crippen molar-refractivity contribution in [2.75, 3.05) is 5.32 Å². The molecule has 0 saturated heterocycles. The number of halogens is 2. The molecule has 1 aliphatic rings. The molecular formula is C15H12ClFN4. The first-order valence-corrected chi connectivity index (χ1v) is 6.99. The molecule has 0 bridgehead atoms. The zero-order valence-electron chi connectivity index (χ0n) is 11.1. The highest BCUT2D eigenvalue weighted by atomic mass is 35.5. The van der Waals surface area contributed by atoms with Crippen molar-refractivity contribution in [1.29, 1.82) is 5.26 Å². The lowest BCUT2D eigenvalue weighted by molar-refractivity contribution is 0.622. The van der Waals surface area contributed by atoms with E-state index in [1.807, 2.05) is 6.07 Å². The fourth-order valence-electron chi connectivity index (χ4n) is 2.26. The minimum atomic E-state index is -0.429. The van der Waals surface area contributed by atoms with Crippen LogP contribution in [0.1, 0.15) is 30.1 Å². The van der Waals surface area contributed by atoms with Crippen LogP contribution >= 0.6 is 11.6 Å². The Morgan fingerprint density at radius 1 is 1.38 bits per heavy atom. The van der Waals surface area contributed by atoms with Gasteiger partial charge in [0.2, 0.25) is 0 Å². The lowest BCUT2D eigenvalue weighted by atomic mass is 10.0. The second-order valence-electron chi connectivity index (χ2n) is 5.03. The molecule has 1 heterocycles. The summed E-state index contributed by atoms with van der Waals surface area (Å²) in [4.78, 5) is 8.14. The fourth-order valence-corrected chi connectivity index (χ4v) is 2.45. The number of aromatic nitrogens is 2. The molecule has 6 heteroatoms. The van der Waals surface area contributed by atoms with Crippen molar-refractivity contribution >= 4 is 17.4 Å². The number of nitrogens with one attached hydrogen (secondary N) is 1. The zero-order chi connectivity index (χ0) is 14.8. The molecule has 4 nitrogen and oxygen atoms in total. The topological polar surface area (TPSA) is 61.6 Å². The van der Waals surface area contributed by atoms with E-state index in [2.05, 4.69) is 15.3 Å². The first-order valence-electron chi connectivity index (χ1n) is 6.61. The van der Waals surface area contributed by atoms with Crippen molar-refractivity contribution in [3.8, 4) is 6.07 Å². The maximum absolute atomic E-state index is 13.3. The van der Waals surface area contributed by atoms with Crippen LogP contribution in [0.3, 0.4) is 0 Å². The van der Waals surface area contributed by atoms with Crippen molar-refractivity contribution in [3.63, 3.8) is 0 Å². The predicted octanol–water partition coefficient (Wildman–Crippen LogP) is 3.70. The lowest BCUT2D eigenvalue weighted by Crippen LogP contribution is -2.14. The molecule has 0 radical (unpaired) electrons. The molecule has 3 rings (SSSR count). The van der Waals surface area contributed by atoms with Gasteiger partial charge in [0.05, 0.1) is 23.5 Å². The largest absolute Gasteiger partial charge is 0.362 e. The van der Waals surface area contributed by atoms with E-state index in [9.17, 15) is 4.39 Å². The second-order valence-corrected chi connectivity index (χ2v) is 5.44. The number of benzene rings is 1. The van der Waals surface area contributed by atoms with Gasteiger partial charge < -0.3 is 5.32 Å². The van der Waals surface area contributed by atoms with Gasteiger partial charge in [0.1, 0.15) is 17.7 Å². The van der Waals surface area contributed by atoms with Crippen molar-refractivity contribution in [2.45, 2.75) is 18.9 Å². The summed E-state index contributed by atoms with van der Waals surface area (Å²) in [5.74, 6) is 0.562. The summed E-state index contributed by atoms with van der Waals surface area (Å²) in [6.45, 7) is 0. The molecule has 0 spiro atoms. The number of rotatable bonds is 4. The maximum atomic E-state index is 13.3. The maximum Gasteiger partial charge on any atom is 0.161 e. The van der Waals surface area contributed by atoms with Crippen LogP contribution < -0.4 is 5.32 Å². The average Bonchev–Trinajstić information content (AvgIpc) is 3.33. The SMILES string of the molecule is N#Cc1cncc(NC(c2ccc(F)c(Cl)c2)C2CC2)n1. The Morgan fingerprint density at radius 2 is 2.19 bits per heavy atom. The van der Waals surface area contributed by atoms with E-state index in [0.29, 0.717) is 11.7 Å². The Bertz CT molecular complexity index is 709. The van der Waals surface area contributed by atoms with E-state index in [1.165, 1.54) is 12.3 Å². The first-order chi connectivity index (χ1) is 10.2. The Hall–Kier alpha value is -2.19. The van der Waals surface area contributed by atoms with Gasteiger partial charge in [-0.3, -0.25) is 4.98 Å². The molecule has 1 atom stereocenters. The molecular weight excluding hydrogens is 291 g/mol. The van der Waals surface area contributed by atoms with Crippen molar-refractivity contribution in [1.82, 2.24) is 9.97 Å². The third kappa shape index (κ3) is 3.11. The molecule has 0 aliphatic heterocycles. The highest BCUT2D eigenvalue weighted by Gasteiger charge is 2.33. The van der Waals surface area contributed by atoms with Crippen LogP contribution in [0, 0.1) is 23.1 Å². The van der Waals surface area contributed by atoms with Crippen LogP contribution in [0.15, 0.2) is 30.6 Å². The monoisotopic (exact) mass is 302 g/mol. The number of nitriles is 1. The summed E-state index contributed by atoms with van der Waals surface area (Å²) in [5, 5.41) is 12.2. The van der Waals surface area contributed by atoms with Gasteiger partial charge >= 0.3 is 0 Å². The van der Waals surface area contributed by atoms with Gasteiger partial charge in [0.25, 0.3) is 0 Å². The summed E-state index contributed by atoms with van der Waals surface area (Å²) in [6.07, 6.45) is 5.17. The predicted molar refractivity (Wildman–Crippen MR) is 77.2 cm³/mol. The summed E-state index contributed by atoms with van der Waals surface area (Å²) < 4.78 is 13.3. The normalized spacial score (nSPS) is 15.3. The fraction of sp³-hybridized carbons (Fsp3) is 0.267. The number of hydrogen-bond acceptors (Lipinski definition) is 4. The summed E-state index contributed by atoms with van der Waals surface area (Å²) >= 11 is 5.86. The highest BCUT2D eigenvalue weighted by Crippen LogP contribution is 2.43. The van der Waals surface area contributed by atoms with Crippen LogP contribution in [0.25, 0.3) is 0 Å². The van der Waals surface area contributed by atoms with Gasteiger partial charge in [-0.1, -0.05) is 17.7 Å². The quantitative estimate of drug-likeness (QED) is 0.935. The lowest BCUT2D eigenvalue weighted by Gasteiger charge is -2.19. The van der Waals surface area contributed by atoms with E-state index in [0.717, 1.165) is 18.4 Å². The Morgan fingerprint density at radius 3 is 2.86 bits per heavy atom. The Balaban J connectivity index is 1.88. The molecule has 1 aromatic carbocycles. The van der Waals surface area contributed by atoms with E-state index < -0.39 is 5.82 Å². The van der Waals surface area contributed by atoms with Crippen LogP contribution in [0.4, 0.5) is 10.2 Å². The van der Waals surface area contributed by atoms with Crippen molar-refractivity contribution in [3.05, 3.63) is 52.7 Å². The molecule has 1 aromatic heterocycles. The van der Waals surface area contributed by atoms with Gasteiger partial charge in [-0.05, 0) is 36.5 Å². The third-order valence-corrected chi connectivity index (χ3v) is 3.74. The van der Waals surface area contributed by atoms with Crippen LogP contribution in [-0.4, -0.2) is 9.97 Å². The molecule has 1 saturated carbocycles. The van der Waals surface area contributed by atoms with Gasteiger partial charge in [-0.15, -0.1) is 0 Å². The Kier molecular flexibility index (Phi) is 3.72. The minimum Gasteiger partial charge on any atom is -0.362 e. The summed E-state index contributed by atoms with van der Waals surface area (Å²) in [7, 11) is 0. The molecule has 106 valence electrons. The molecule has 1 N–H and O–H groups in total. The molecule has 2 aromatic rings. The average molecular weight is 303 g/mol. The van der Waals surface area contributed by atoms with Gasteiger partial charge in [-0.25, -0.2) is 9.37 Å². The number of hydrogen-bond donors (Lipinski definition) is 1. The number of anilines is 1. The van der Waals surface area contributed by atoms with E-state index in [-0.39, 0.29) is 16.8 Å². The van der Waals surface area contributed by atoms with E-state index >= 15 is 0 Å². The minimum absolute atomic E-state index is 0.00802. The first kappa shape index (κ1) is 13.8. The smallest absolute Gasteiger partial charge is 0.161 e. The zero-order valence-corrected chi connectivity index (χ0v) is 11.8. The molecule has 0 amide bonds. The standard InChI is InChI=1S/C15H12ClFN4/c16-12-5-10(3-4-13(12)17)15(9-1-2-9)21-14-8-19-7-11(6-18)20-14/h3-5,7-9,15H,1-2H2,(H,20,21). The van der Waals surface area contributed by atoms with Gasteiger partial charge in [-0.2, -0.15) is 5.26 Å².